The van der Waals surface area contributed by atoms with E-state index in [9.17, 15) is 20.0 Å². The molecule has 3 rings (SSSR count). The van der Waals surface area contributed by atoms with Crippen LogP contribution in [0.1, 0.15) is 12.5 Å². The van der Waals surface area contributed by atoms with E-state index >= 15 is 0 Å². The molecular weight excluding hydrogens is 414 g/mol. The molecule has 0 saturated heterocycles. The van der Waals surface area contributed by atoms with Crippen LogP contribution in [0.25, 0.3) is 11.1 Å². The molecule has 0 fully saturated rings. The third-order valence-electron chi connectivity index (χ3n) is 4.32. The summed E-state index contributed by atoms with van der Waals surface area (Å²) < 4.78 is 10.6. The van der Waals surface area contributed by atoms with E-state index in [-0.39, 0.29) is 36.0 Å². The van der Waals surface area contributed by atoms with Crippen molar-refractivity contribution in [1.82, 2.24) is 5.43 Å². The first-order valence-electron chi connectivity index (χ1n) is 9.72. The second kappa shape index (κ2) is 10.6. The van der Waals surface area contributed by atoms with E-state index in [0.717, 1.165) is 29.5 Å². The number of nitrogens with one attached hydrogen (secondary N) is 1. The number of hydrogen-bond donors (Lipinski definition) is 2. The molecule has 32 heavy (non-hydrogen) atoms. The van der Waals surface area contributed by atoms with Crippen molar-refractivity contribution in [2.45, 2.75) is 6.92 Å². The highest BCUT2D eigenvalue weighted by Gasteiger charge is 2.16. The van der Waals surface area contributed by atoms with Crippen molar-refractivity contribution in [3.63, 3.8) is 0 Å². The largest absolute Gasteiger partial charge is 0.504 e. The maximum Gasteiger partial charge on any atom is 0.277 e. The number of non-ortho nitro benzene ring substituents is 1. The number of amides is 1. The predicted molar refractivity (Wildman–Crippen MR) is 119 cm³/mol. The van der Waals surface area contributed by atoms with Crippen molar-refractivity contribution in [2.24, 2.45) is 5.10 Å². The van der Waals surface area contributed by atoms with Crippen LogP contribution in [0, 0.1) is 10.1 Å². The van der Waals surface area contributed by atoms with Gasteiger partial charge in [-0.3, -0.25) is 14.9 Å². The van der Waals surface area contributed by atoms with Crippen molar-refractivity contribution in [3.05, 3.63) is 82.4 Å². The number of benzene rings is 3. The quantitative estimate of drug-likeness (QED) is 0.299. The van der Waals surface area contributed by atoms with Crippen LogP contribution in [0.2, 0.25) is 0 Å². The summed E-state index contributed by atoms with van der Waals surface area (Å²) in [5.41, 5.74) is 4.10. The average molecular weight is 435 g/mol. The van der Waals surface area contributed by atoms with Gasteiger partial charge in [-0.25, -0.2) is 5.43 Å². The summed E-state index contributed by atoms with van der Waals surface area (Å²) in [7, 11) is 0. The van der Waals surface area contributed by atoms with Crippen LogP contribution in [0.3, 0.4) is 0 Å². The minimum Gasteiger partial charge on any atom is -0.504 e. The van der Waals surface area contributed by atoms with Crippen LogP contribution in [-0.4, -0.2) is 35.4 Å². The molecule has 0 aliphatic heterocycles. The molecule has 0 spiro atoms. The Morgan fingerprint density at radius 2 is 1.78 bits per heavy atom. The highest BCUT2D eigenvalue weighted by Crippen LogP contribution is 2.33. The average Bonchev–Trinajstić information content (AvgIpc) is 2.81. The summed E-state index contributed by atoms with van der Waals surface area (Å²) in [6.07, 6.45) is 1.09. The summed E-state index contributed by atoms with van der Waals surface area (Å²) in [6.45, 7) is 1.61. The van der Waals surface area contributed by atoms with Crippen LogP contribution < -0.4 is 14.9 Å². The number of nitro groups is 1. The van der Waals surface area contributed by atoms with Gasteiger partial charge in [-0.2, -0.15) is 5.10 Å². The number of phenols is 1. The molecular formula is C23H21N3O6. The Morgan fingerprint density at radius 3 is 2.44 bits per heavy atom. The third-order valence-corrected chi connectivity index (χ3v) is 4.32. The molecule has 0 heterocycles. The maximum absolute atomic E-state index is 12.0. The maximum atomic E-state index is 12.0. The zero-order valence-corrected chi connectivity index (χ0v) is 17.2. The third kappa shape index (κ3) is 5.82. The number of ether oxygens (including phenoxy) is 2. The van der Waals surface area contributed by atoms with E-state index in [4.69, 9.17) is 9.47 Å². The predicted octanol–water partition coefficient (Wildman–Crippen LogP) is 3.90. The van der Waals surface area contributed by atoms with Crippen LogP contribution in [0.4, 0.5) is 5.69 Å². The normalized spacial score (nSPS) is 10.7. The van der Waals surface area contributed by atoms with Gasteiger partial charge in [0.2, 0.25) is 0 Å². The standard InChI is InChI=1S/C23H21N3O6/c1-2-31-21-13-19(26(29)30)12-18(23(21)28)14-24-25-22(27)15-32-20-10-8-17(9-11-20)16-6-4-3-5-7-16/h3-14,28H,2,15H2,1H3,(H,25,27)/b24-14-. The molecule has 0 unspecified atom stereocenters. The van der Waals surface area contributed by atoms with E-state index < -0.39 is 10.8 Å². The number of hydrogen-bond acceptors (Lipinski definition) is 7. The molecule has 3 aromatic rings. The Bertz CT molecular complexity index is 1110. The van der Waals surface area contributed by atoms with Crippen molar-refractivity contribution in [2.75, 3.05) is 13.2 Å². The van der Waals surface area contributed by atoms with Crippen molar-refractivity contribution in [3.8, 4) is 28.4 Å². The van der Waals surface area contributed by atoms with Crippen molar-refractivity contribution in [1.29, 1.82) is 0 Å². The number of phenolic OH excluding ortho intramolecular Hbond substituents is 1. The molecule has 164 valence electrons. The fourth-order valence-corrected chi connectivity index (χ4v) is 2.81. The summed E-state index contributed by atoms with van der Waals surface area (Å²) >= 11 is 0. The zero-order valence-electron chi connectivity index (χ0n) is 17.2. The Hall–Kier alpha value is -4.40. The number of aromatic hydroxyl groups is 1. The molecule has 0 aliphatic rings. The molecule has 3 aromatic carbocycles. The van der Waals surface area contributed by atoms with E-state index in [1.807, 2.05) is 42.5 Å². The molecule has 0 aromatic heterocycles. The van der Waals surface area contributed by atoms with Gasteiger partial charge in [0.25, 0.3) is 11.6 Å². The highest BCUT2D eigenvalue weighted by molar-refractivity contribution is 5.87. The van der Waals surface area contributed by atoms with Gasteiger partial charge in [0.15, 0.2) is 18.1 Å². The Morgan fingerprint density at radius 1 is 1.09 bits per heavy atom. The summed E-state index contributed by atoms with van der Waals surface area (Å²) in [4.78, 5) is 22.4. The lowest BCUT2D eigenvalue weighted by Crippen LogP contribution is -2.24. The molecule has 1 amide bonds. The van der Waals surface area contributed by atoms with Gasteiger partial charge in [-0.1, -0.05) is 42.5 Å². The van der Waals surface area contributed by atoms with Crippen LogP contribution >= 0.6 is 0 Å². The number of nitrogens with zero attached hydrogens (tertiary/aromatic N) is 2. The molecule has 9 heteroatoms. The lowest BCUT2D eigenvalue weighted by molar-refractivity contribution is -0.385. The minimum absolute atomic E-state index is 0.0281. The first kappa shape index (κ1) is 22.3. The molecule has 0 atom stereocenters. The van der Waals surface area contributed by atoms with Gasteiger partial charge in [0.1, 0.15) is 5.75 Å². The Kier molecular flexibility index (Phi) is 7.37. The molecule has 0 radical (unpaired) electrons. The number of nitro benzene ring substituents is 1. The van der Waals surface area contributed by atoms with Gasteiger partial charge in [-0.05, 0) is 30.2 Å². The molecule has 0 aliphatic carbocycles. The summed E-state index contributed by atoms with van der Waals surface area (Å²) in [5.74, 6) is -0.383. The van der Waals surface area contributed by atoms with Crippen LogP contribution in [0.15, 0.2) is 71.8 Å². The zero-order chi connectivity index (χ0) is 22.9. The van der Waals surface area contributed by atoms with E-state index in [0.29, 0.717) is 5.75 Å². The fraction of sp³-hybridized carbons (Fsp3) is 0.130. The van der Waals surface area contributed by atoms with Crippen molar-refractivity contribution < 1.29 is 24.3 Å². The van der Waals surface area contributed by atoms with Gasteiger partial charge in [0.05, 0.1) is 23.8 Å². The lowest BCUT2D eigenvalue weighted by atomic mass is 10.1. The van der Waals surface area contributed by atoms with E-state index in [2.05, 4.69) is 10.5 Å². The molecule has 9 nitrogen and oxygen atoms in total. The number of carbonyl (C=O) groups excluding carboxylic acids is 1. The Labute approximate surface area is 184 Å². The number of carbonyl (C=O) groups is 1. The Balaban J connectivity index is 1.57. The molecule has 0 saturated carbocycles. The van der Waals surface area contributed by atoms with Crippen molar-refractivity contribution >= 4 is 17.8 Å². The smallest absolute Gasteiger partial charge is 0.277 e. The summed E-state index contributed by atoms with van der Waals surface area (Å²) in [6, 6.07) is 19.4. The van der Waals surface area contributed by atoms with E-state index in [1.165, 1.54) is 0 Å². The second-order valence-corrected chi connectivity index (χ2v) is 6.54. The first-order chi connectivity index (χ1) is 15.5. The lowest BCUT2D eigenvalue weighted by Gasteiger charge is -2.08. The van der Waals surface area contributed by atoms with Gasteiger partial charge in [0, 0.05) is 11.6 Å². The first-order valence-corrected chi connectivity index (χ1v) is 9.72. The summed E-state index contributed by atoms with van der Waals surface area (Å²) in [5, 5.41) is 25.0. The van der Waals surface area contributed by atoms with Crippen LogP contribution in [-0.2, 0) is 4.79 Å². The number of rotatable bonds is 9. The van der Waals surface area contributed by atoms with Gasteiger partial charge in [-0.15, -0.1) is 0 Å². The molecule has 2 N–H and O–H groups in total. The highest BCUT2D eigenvalue weighted by atomic mass is 16.6. The topological polar surface area (TPSA) is 123 Å². The monoisotopic (exact) mass is 435 g/mol. The fourth-order valence-electron chi connectivity index (χ4n) is 2.81. The molecule has 0 bridgehead atoms. The van der Waals surface area contributed by atoms with Crippen LogP contribution in [0.5, 0.6) is 17.2 Å². The minimum atomic E-state index is -0.616. The van der Waals surface area contributed by atoms with Gasteiger partial charge >= 0.3 is 0 Å². The number of hydrazone groups is 1. The SMILES string of the molecule is CCOc1cc([N+](=O)[O-])cc(/C=N\NC(=O)COc2ccc(-c3ccccc3)cc2)c1O. The van der Waals surface area contributed by atoms with Gasteiger partial charge < -0.3 is 14.6 Å². The van der Waals surface area contributed by atoms with E-state index in [1.54, 1.807) is 19.1 Å². The second-order valence-electron chi connectivity index (χ2n) is 6.54.